The molecule has 21 heavy (non-hydrogen) atoms. The maximum Gasteiger partial charge on any atom is 0.189 e. The fourth-order valence-corrected chi connectivity index (χ4v) is 2.39. The summed E-state index contributed by atoms with van der Waals surface area (Å²) in [6.07, 6.45) is -1.32. The molecule has 0 aliphatic carbocycles. The fourth-order valence-electron chi connectivity index (χ4n) is 2.39. The van der Waals surface area contributed by atoms with Crippen molar-refractivity contribution in [3.63, 3.8) is 0 Å². The average Bonchev–Trinajstić information content (AvgIpc) is 2.40. The Hall–Kier alpha value is -2.89. The van der Waals surface area contributed by atoms with Crippen LogP contribution in [0.1, 0.15) is 17.2 Å². The van der Waals surface area contributed by atoms with Crippen LogP contribution in [-0.2, 0) is 11.2 Å². The Morgan fingerprint density at radius 3 is 2.33 bits per heavy atom. The third kappa shape index (κ3) is 2.10. The number of carbonyl (C=O) groups is 1. The molecule has 0 radical (unpaired) electrons. The van der Waals surface area contributed by atoms with Crippen LogP contribution in [0.2, 0.25) is 0 Å². The Balaban J connectivity index is 2.09. The Bertz CT molecular complexity index is 717. The number of carbonyl (C=O) groups excluding carboxylic acids is 1. The third-order valence-electron chi connectivity index (χ3n) is 3.38. The number of phenols is 4. The van der Waals surface area contributed by atoms with E-state index >= 15 is 0 Å². The maximum absolute atomic E-state index is 12.2. The van der Waals surface area contributed by atoms with Crippen molar-refractivity contribution in [2.45, 2.75) is 12.5 Å². The highest BCUT2D eigenvalue weighted by atomic mass is 16.5. The van der Waals surface area contributed by atoms with Gasteiger partial charge in [-0.05, 0) is 12.1 Å². The van der Waals surface area contributed by atoms with Crippen LogP contribution in [0, 0.1) is 0 Å². The van der Waals surface area contributed by atoms with Gasteiger partial charge < -0.3 is 25.2 Å². The highest BCUT2D eigenvalue weighted by molar-refractivity contribution is 5.90. The van der Waals surface area contributed by atoms with Crippen molar-refractivity contribution in [3.05, 3.63) is 41.5 Å². The number of ether oxygens (including phenoxy) is 1. The molecule has 1 atom stereocenters. The second kappa shape index (κ2) is 4.59. The highest BCUT2D eigenvalue weighted by Crippen LogP contribution is 2.43. The molecule has 0 spiro atoms. The van der Waals surface area contributed by atoms with Gasteiger partial charge in [-0.15, -0.1) is 0 Å². The quantitative estimate of drug-likeness (QED) is 0.637. The molecule has 108 valence electrons. The van der Waals surface area contributed by atoms with Crippen molar-refractivity contribution < 1.29 is 30.0 Å². The summed E-state index contributed by atoms with van der Waals surface area (Å²) in [4.78, 5) is 12.2. The Labute approximate surface area is 119 Å². The molecular formula is C15H12O6. The molecule has 1 aliphatic rings. The second-order valence-corrected chi connectivity index (χ2v) is 4.79. The van der Waals surface area contributed by atoms with E-state index in [1.807, 2.05) is 0 Å². The lowest BCUT2D eigenvalue weighted by Crippen LogP contribution is -2.26. The van der Waals surface area contributed by atoms with Gasteiger partial charge in [-0.1, -0.05) is 6.07 Å². The van der Waals surface area contributed by atoms with E-state index in [2.05, 4.69) is 0 Å². The van der Waals surface area contributed by atoms with Crippen LogP contribution in [0.4, 0.5) is 0 Å². The lowest BCUT2D eigenvalue weighted by atomic mass is 9.94. The van der Waals surface area contributed by atoms with Gasteiger partial charge in [-0.3, -0.25) is 4.79 Å². The Morgan fingerprint density at radius 1 is 1.00 bits per heavy atom. The molecule has 1 unspecified atom stereocenters. The van der Waals surface area contributed by atoms with Gasteiger partial charge in [0.05, 0.1) is 5.56 Å². The van der Waals surface area contributed by atoms with E-state index in [9.17, 15) is 25.2 Å². The smallest absolute Gasteiger partial charge is 0.189 e. The number of ketones is 1. The van der Waals surface area contributed by atoms with Crippen LogP contribution in [0.3, 0.4) is 0 Å². The molecule has 1 aliphatic heterocycles. The summed E-state index contributed by atoms with van der Waals surface area (Å²) in [5.74, 6) is -1.25. The molecule has 0 aromatic heterocycles. The normalized spacial score (nSPS) is 17.1. The van der Waals surface area contributed by atoms with E-state index in [-0.39, 0.29) is 46.3 Å². The molecule has 6 nitrogen and oxygen atoms in total. The van der Waals surface area contributed by atoms with Gasteiger partial charge >= 0.3 is 0 Å². The van der Waals surface area contributed by atoms with Crippen LogP contribution in [0.25, 0.3) is 0 Å². The molecule has 1 heterocycles. The van der Waals surface area contributed by atoms with Crippen molar-refractivity contribution in [2.75, 3.05) is 0 Å². The number of phenolic OH excluding ortho intramolecular Hbond substituents is 4. The SMILES string of the molecule is O=C1Cc2c(O)cc(O)cc2OC1c1c(O)cccc1O. The summed E-state index contributed by atoms with van der Waals surface area (Å²) in [6.45, 7) is 0. The summed E-state index contributed by atoms with van der Waals surface area (Å²) >= 11 is 0. The topological polar surface area (TPSA) is 107 Å². The molecule has 3 rings (SSSR count). The van der Waals surface area contributed by atoms with Crippen molar-refractivity contribution >= 4 is 5.78 Å². The zero-order valence-corrected chi connectivity index (χ0v) is 10.8. The van der Waals surface area contributed by atoms with E-state index < -0.39 is 11.9 Å². The number of aromatic hydroxyl groups is 4. The van der Waals surface area contributed by atoms with Crippen molar-refractivity contribution in [1.29, 1.82) is 0 Å². The first-order valence-corrected chi connectivity index (χ1v) is 6.22. The second-order valence-electron chi connectivity index (χ2n) is 4.79. The van der Waals surface area contributed by atoms with Crippen molar-refractivity contribution in [1.82, 2.24) is 0 Å². The number of benzene rings is 2. The van der Waals surface area contributed by atoms with Crippen LogP contribution in [-0.4, -0.2) is 26.2 Å². The molecule has 2 aromatic carbocycles. The number of fused-ring (bicyclic) bond motifs is 1. The van der Waals surface area contributed by atoms with E-state index in [1.165, 1.54) is 24.3 Å². The molecule has 0 amide bonds. The minimum atomic E-state index is -1.19. The zero-order chi connectivity index (χ0) is 15.1. The first-order chi connectivity index (χ1) is 9.97. The maximum atomic E-state index is 12.2. The molecule has 0 saturated heterocycles. The highest BCUT2D eigenvalue weighted by Gasteiger charge is 2.34. The first kappa shape index (κ1) is 13.1. The first-order valence-electron chi connectivity index (χ1n) is 6.22. The van der Waals surface area contributed by atoms with Crippen LogP contribution in [0.5, 0.6) is 28.7 Å². The van der Waals surface area contributed by atoms with Crippen LogP contribution >= 0.6 is 0 Å². The lowest BCUT2D eigenvalue weighted by Gasteiger charge is -2.26. The van der Waals surface area contributed by atoms with E-state index in [0.29, 0.717) is 0 Å². The summed E-state index contributed by atoms with van der Waals surface area (Å²) in [5.41, 5.74) is 0.236. The van der Waals surface area contributed by atoms with Crippen molar-refractivity contribution in [2.24, 2.45) is 0 Å². The van der Waals surface area contributed by atoms with Gasteiger partial charge in [-0.2, -0.15) is 0 Å². The average molecular weight is 288 g/mol. The van der Waals surface area contributed by atoms with E-state index in [1.54, 1.807) is 0 Å². The Kier molecular flexibility index (Phi) is 2.86. The molecule has 2 aromatic rings. The molecular weight excluding hydrogens is 276 g/mol. The fraction of sp³-hybridized carbons (Fsp3) is 0.133. The summed E-state index contributed by atoms with van der Waals surface area (Å²) in [7, 11) is 0. The number of rotatable bonds is 1. The minimum absolute atomic E-state index is 0.0315. The van der Waals surface area contributed by atoms with Crippen LogP contribution < -0.4 is 4.74 Å². The van der Waals surface area contributed by atoms with Crippen LogP contribution in [0.15, 0.2) is 30.3 Å². The van der Waals surface area contributed by atoms with Crippen molar-refractivity contribution in [3.8, 4) is 28.7 Å². The standard InChI is InChI=1S/C15H12O6/c16-7-4-11(19)8-6-12(20)15(21-13(8)5-7)14-9(17)2-1-3-10(14)18/h1-5,15-19H,6H2. The molecule has 0 fully saturated rings. The lowest BCUT2D eigenvalue weighted by molar-refractivity contribution is -0.126. The number of hydrogen-bond acceptors (Lipinski definition) is 6. The predicted octanol–water partition coefficient (Wildman–Crippen LogP) is 1.75. The van der Waals surface area contributed by atoms with Gasteiger partial charge in [0.2, 0.25) is 0 Å². The predicted molar refractivity (Wildman–Crippen MR) is 71.6 cm³/mol. The monoisotopic (exact) mass is 288 g/mol. The molecule has 6 heteroatoms. The third-order valence-corrected chi connectivity index (χ3v) is 3.38. The largest absolute Gasteiger partial charge is 0.508 e. The van der Waals surface area contributed by atoms with Gasteiger partial charge in [0.15, 0.2) is 11.9 Å². The molecule has 0 bridgehead atoms. The Morgan fingerprint density at radius 2 is 1.67 bits per heavy atom. The molecule has 0 saturated carbocycles. The summed E-state index contributed by atoms with van der Waals surface area (Å²) in [5, 5.41) is 38.9. The number of Topliss-reactive ketones (excluding diaryl/α,β-unsaturated/α-hetero) is 1. The van der Waals surface area contributed by atoms with Gasteiger partial charge in [0.25, 0.3) is 0 Å². The summed E-state index contributed by atoms with van der Waals surface area (Å²) in [6, 6.07) is 6.49. The zero-order valence-electron chi connectivity index (χ0n) is 10.8. The van der Waals surface area contributed by atoms with E-state index in [0.717, 1.165) is 6.07 Å². The minimum Gasteiger partial charge on any atom is -0.508 e. The number of hydrogen-bond donors (Lipinski definition) is 4. The molecule has 4 N–H and O–H groups in total. The van der Waals surface area contributed by atoms with Gasteiger partial charge in [0, 0.05) is 24.1 Å². The van der Waals surface area contributed by atoms with Gasteiger partial charge in [-0.25, -0.2) is 0 Å². The van der Waals surface area contributed by atoms with E-state index in [4.69, 9.17) is 4.74 Å². The summed E-state index contributed by atoms with van der Waals surface area (Å²) < 4.78 is 5.46. The van der Waals surface area contributed by atoms with Gasteiger partial charge in [0.1, 0.15) is 28.7 Å².